The molecule has 0 unspecified atom stereocenters. The second-order valence-electron chi connectivity index (χ2n) is 9.14. The van der Waals surface area contributed by atoms with Gasteiger partial charge in [0.2, 0.25) is 5.91 Å². The third-order valence-electron chi connectivity index (χ3n) is 6.29. The third-order valence-corrected chi connectivity index (χ3v) is 6.29. The highest BCUT2D eigenvalue weighted by Crippen LogP contribution is 2.29. The monoisotopic (exact) mass is 489 g/mol. The average molecular weight is 490 g/mol. The average Bonchev–Trinajstić information content (AvgIpc) is 2.88. The first kappa shape index (κ1) is 25.0. The van der Waals surface area contributed by atoms with Gasteiger partial charge in [-0.25, -0.2) is 4.68 Å². The van der Waals surface area contributed by atoms with E-state index in [1.807, 2.05) is 24.3 Å². The van der Waals surface area contributed by atoms with Gasteiger partial charge in [-0.1, -0.05) is 26.0 Å². The Morgan fingerprint density at radius 1 is 0.944 bits per heavy atom. The standard InChI is InChI=1S/C27H31N5O4/c1-18(2)20-7-11-23(12-8-20)36-24-17-28-30(4)27(35)25(24)29-22-9-5-21(6-10-22)26(34)32-15-13-31(14-16-32)19(3)33/h5-12,17-18,29H,13-16H2,1-4H3. The van der Waals surface area contributed by atoms with Crippen LogP contribution in [0.2, 0.25) is 0 Å². The van der Waals surface area contributed by atoms with Crippen LogP contribution in [0.3, 0.4) is 0 Å². The number of amides is 2. The highest BCUT2D eigenvalue weighted by molar-refractivity contribution is 5.94. The van der Waals surface area contributed by atoms with Gasteiger partial charge < -0.3 is 19.9 Å². The topological polar surface area (TPSA) is 96.8 Å². The molecule has 0 saturated carbocycles. The van der Waals surface area contributed by atoms with E-state index in [1.54, 1.807) is 41.1 Å². The maximum Gasteiger partial charge on any atom is 0.294 e. The molecule has 1 saturated heterocycles. The van der Waals surface area contributed by atoms with Gasteiger partial charge in [-0.3, -0.25) is 14.4 Å². The molecule has 0 spiro atoms. The molecule has 188 valence electrons. The first-order valence-corrected chi connectivity index (χ1v) is 12.0. The Morgan fingerprint density at radius 3 is 2.14 bits per heavy atom. The molecule has 2 aromatic carbocycles. The molecule has 0 bridgehead atoms. The number of nitrogens with one attached hydrogen (secondary N) is 1. The number of rotatable bonds is 6. The SMILES string of the molecule is CC(=O)N1CCN(C(=O)c2ccc(Nc3c(Oc4ccc(C(C)C)cc4)cnn(C)c3=O)cc2)CC1. The Morgan fingerprint density at radius 2 is 1.56 bits per heavy atom. The molecule has 0 atom stereocenters. The quantitative estimate of drug-likeness (QED) is 0.567. The van der Waals surface area contributed by atoms with E-state index in [9.17, 15) is 14.4 Å². The fourth-order valence-corrected chi connectivity index (χ4v) is 4.01. The lowest BCUT2D eigenvalue weighted by Gasteiger charge is -2.34. The molecule has 36 heavy (non-hydrogen) atoms. The summed E-state index contributed by atoms with van der Waals surface area (Å²) in [6.45, 7) is 7.86. The van der Waals surface area contributed by atoms with Crippen molar-refractivity contribution in [3.05, 3.63) is 76.2 Å². The summed E-state index contributed by atoms with van der Waals surface area (Å²) in [6, 6.07) is 14.7. The van der Waals surface area contributed by atoms with Crippen molar-refractivity contribution < 1.29 is 14.3 Å². The number of benzene rings is 2. The van der Waals surface area contributed by atoms with Crippen LogP contribution in [0.1, 0.15) is 42.6 Å². The van der Waals surface area contributed by atoms with Crippen molar-refractivity contribution in [2.24, 2.45) is 7.05 Å². The van der Waals surface area contributed by atoms with E-state index in [2.05, 4.69) is 24.3 Å². The first-order chi connectivity index (χ1) is 17.2. The Labute approximate surface area is 210 Å². The molecule has 2 amide bonds. The van der Waals surface area contributed by atoms with Gasteiger partial charge in [0.25, 0.3) is 11.5 Å². The molecule has 1 aliphatic rings. The summed E-state index contributed by atoms with van der Waals surface area (Å²) in [4.78, 5) is 40.7. The van der Waals surface area contributed by atoms with E-state index in [4.69, 9.17) is 4.74 Å². The van der Waals surface area contributed by atoms with Crippen LogP contribution in [-0.4, -0.2) is 57.6 Å². The molecule has 1 fully saturated rings. The highest BCUT2D eigenvalue weighted by Gasteiger charge is 2.23. The minimum Gasteiger partial charge on any atom is -0.453 e. The van der Waals surface area contributed by atoms with Crippen LogP contribution in [0.25, 0.3) is 0 Å². The van der Waals surface area contributed by atoms with Crippen LogP contribution < -0.4 is 15.6 Å². The second-order valence-corrected chi connectivity index (χ2v) is 9.14. The summed E-state index contributed by atoms with van der Waals surface area (Å²) in [5.74, 6) is 1.25. The predicted molar refractivity (Wildman–Crippen MR) is 138 cm³/mol. The number of ether oxygens (including phenoxy) is 1. The zero-order valence-corrected chi connectivity index (χ0v) is 21.0. The Balaban J connectivity index is 1.49. The number of nitrogens with zero attached hydrogens (tertiary/aromatic N) is 4. The zero-order chi connectivity index (χ0) is 25.8. The van der Waals surface area contributed by atoms with Crippen LogP contribution >= 0.6 is 0 Å². The third kappa shape index (κ3) is 5.56. The number of hydrogen-bond donors (Lipinski definition) is 1. The van der Waals surface area contributed by atoms with Gasteiger partial charge in [-0.05, 0) is 47.9 Å². The second kappa shape index (κ2) is 10.6. The summed E-state index contributed by atoms with van der Waals surface area (Å²) in [6.07, 6.45) is 1.50. The molecule has 1 N–H and O–H groups in total. The van der Waals surface area contributed by atoms with Crippen molar-refractivity contribution in [1.29, 1.82) is 0 Å². The molecular weight excluding hydrogens is 458 g/mol. The zero-order valence-electron chi connectivity index (χ0n) is 21.0. The molecule has 4 rings (SSSR count). The summed E-state index contributed by atoms with van der Waals surface area (Å²) in [5.41, 5.74) is 2.28. The van der Waals surface area contributed by atoms with Gasteiger partial charge in [-0.15, -0.1) is 0 Å². The van der Waals surface area contributed by atoms with Gasteiger partial charge in [0.05, 0.1) is 6.20 Å². The molecule has 9 heteroatoms. The molecule has 2 heterocycles. The van der Waals surface area contributed by atoms with Crippen LogP contribution in [0.4, 0.5) is 11.4 Å². The molecule has 1 aliphatic heterocycles. The minimum atomic E-state index is -0.338. The first-order valence-electron chi connectivity index (χ1n) is 12.0. The molecule has 0 aliphatic carbocycles. The predicted octanol–water partition coefficient (Wildman–Crippen LogP) is 3.74. The van der Waals surface area contributed by atoms with Gasteiger partial charge in [0, 0.05) is 51.4 Å². The summed E-state index contributed by atoms with van der Waals surface area (Å²) < 4.78 is 7.22. The maximum absolute atomic E-state index is 12.9. The number of carbonyl (C=O) groups is 2. The van der Waals surface area contributed by atoms with E-state index in [1.165, 1.54) is 23.4 Å². The van der Waals surface area contributed by atoms with E-state index < -0.39 is 0 Å². The molecule has 1 aromatic heterocycles. The van der Waals surface area contributed by atoms with E-state index in [0.29, 0.717) is 54.8 Å². The normalized spacial score (nSPS) is 13.6. The molecule has 0 radical (unpaired) electrons. The van der Waals surface area contributed by atoms with Crippen LogP contribution in [0.5, 0.6) is 11.5 Å². The van der Waals surface area contributed by atoms with Crippen LogP contribution in [-0.2, 0) is 11.8 Å². The van der Waals surface area contributed by atoms with Crippen molar-refractivity contribution in [2.75, 3.05) is 31.5 Å². The van der Waals surface area contributed by atoms with Crippen LogP contribution in [0.15, 0.2) is 59.5 Å². The summed E-state index contributed by atoms with van der Waals surface area (Å²) in [7, 11) is 1.57. The van der Waals surface area contributed by atoms with Crippen molar-refractivity contribution >= 4 is 23.2 Å². The molecular formula is C27H31N5O4. The van der Waals surface area contributed by atoms with E-state index >= 15 is 0 Å². The van der Waals surface area contributed by atoms with Gasteiger partial charge in [-0.2, -0.15) is 5.10 Å². The Hall–Kier alpha value is -4.14. The van der Waals surface area contributed by atoms with Gasteiger partial charge >= 0.3 is 0 Å². The highest BCUT2D eigenvalue weighted by atomic mass is 16.5. The Kier molecular flexibility index (Phi) is 7.38. The number of piperazine rings is 1. The van der Waals surface area contributed by atoms with E-state index in [-0.39, 0.29) is 23.1 Å². The van der Waals surface area contributed by atoms with Crippen molar-refractivity contribution in [3.63, 3.8) is 0 Å². The largest absolute Gasteiger partial charge is 0.453 e. The molecule has 3 aromatic rings. The number of anilines is 2. The number of aryl methyl sites for hydroxylation is 1. The minimum absolute atomic E-state index is 0.0238. The van der Waals surface area contributed by atoms with Crippen molar-refractivity contribution in [3.8, 4) is 11.5 Å². The maximum atomic E-state index is 12.9. The Bertz CT molecular complexity index is 1290. The number of hydrogen-bond acceptors (Lipinski definition) is 6. The van der Waals surface area contributed by atoms with Crippen molar-refractivity contribution in [2.45, 2.75) is 26.7 Å². The van der Waals surface area contributed by atoms with Gasteiger partial charge in [0.15, 0.2) is 11.4 Å². The fourth-order valence-electron chi connectivity index (χ4n) is 4.01. The fraction of sp³-hybridized carbons (Fsp3) is 0.333. The van der Waals surface area contributed by atoms with Crippen LogP contribution in [0, 0.1) is 0 Å². The summed E-state index contributed by atoms with van der Waals surface area (Å²) in [5, 5.41) is 7.22. The lowest BCUT2D eigenvalue weighted by molar-refractivity contribution is -0.130. The molecule has 9 nitrogen and oxygen atoms in total. The van der Waals surface area contributed by atoms with Crippen molar-refractivity contribution in [1.82, 2.24) is 19.6 Å². The lowest BCUT2D eigenvalue weighted by atomic mass is 10.0. The number of carbonyl (C=O) groups excluding carboxylic acids is 2. The number of aromatic nitrogens is 2. The smallest absolute Gasteiger partial charge is 0.294 e. The lowest BCUT2D eigenvalue weighted by Crippen LogP contribution is -2.50. The summed E-state index contributed by atoms with van der Waals surface area (Å²) >= 11 is 0. The van der Waals surface area contributed by atoms with Gasteiger partial charge in [0.1, 0.15) is 5.75 Å². The van der Waals surface area contributed by atoms with E-state index in [0.717, 1.165) is 0 Å².